The summed E-state index contributed by atoms with van der Waals surface area (Å²) in [5.74, 6) is 0.666. The minimum absolute atomic E-state index is 0.255. The molecule has 1 aromatic rings. The van der Waals surface area contributed by atoms with Crippen molar-refractivity contribution >= 4 is 11.8 Å². The molecule has 0 amide bonds. The van der Waals surface area contributed by atoms with Crippen LogP contribution in [0.15, 0.2) is 17.6 Å². The molecule has 13 heavy (non-hydrogen) atoms. The Labute approximate surface area is 82.6 Å². The van der Waals surface area contributed by atoms with E-state index in [4.69, 9.17) is 0 Å². The van der Waals surface area contributed by atoms with Crippen LogP contribution in [0.5, 0.6) is 0 Å². The maximum Gasteiger partial charge on any atom is 0.187 e. The molecule has 0 bridgehead atoms. The normalized spacial score (nSPS) is 12.8. The molecule has 0 fully saturated rings. The van der Waals surface area contributed by atoms with Crippen molar-refractivity contribution in [3.63, 3.8) is 0 Å². The predicted molar refractivity (Wildman–Crippen MR) is 53.8 cm³/mol. The lowest BCUT2D eigenvalue weighted by atomic mass is 10.3. The second kappa shape index (κ2) is 5.19. The SMILES string of the molecule is CCC(O)CSc1ncc(C)cn1. The highest BCUT2D eigenvalue weighted by Crippen LogP contribution is 2.13. The van der Waals surface area contributed by atoms with Crippen molar-refractivity contribution in [2.75, 3.05) is 5.75 Å². The minimum atomic E-state index is -0.255. The average molecular weight is 198 g/mol. The number of hydrogen-bond acceptors (Lipinski definition) is 4. The largest absolute Gasteiger partial charge is 0.392 e. The summed E-state index contributed by atoms with van der Waals surface area (Å²) >= 11 is 1.49. The first kappa shape index (κ1) is 10.5. The van der Waals surface area contributed by atoms with Gasteiger partial charge in [0.1, 0.15) is 0 Å². The number of hydrogen-bond donors (Lipinski definition) is 1. The van der Waals surface area contributed by atoms with Crippen LogP contribution in [0.2, 0.25) is 0 Å². The Balaban J connectivity index is 2.41. The summed E-state index contributed by atoms with van der Waals surface area (Å²) < 4.78 is 0. The van der Waals surface area contributed by atoms with E-state index >= 15 is 0 Å². The summed E-state index contributed by atoms with van der Waals surface area (Å²) in [6.07, 6.45) is 4.09. The number of rotatable bonds is 4. The van der Waals surface area contributed by atoms with Gasteiger partial charge in [0.2, 0.25) is 0 Å². The van der Waals surface area contributed by atoms with Gasteiger partial charge in [0.25, 0.3) is 0 Å². The zero-order valence-electron chi connectivity index (χ0n) is 7.90. The maximum atomic E-state index is 9.30. The van der Waals surface area contributed by atoms with Gasteiger partial charge in [0.15, 0.2) is 5.16 Å². The zero-order valence-corrected chi connectivity index (χ0v) is 8.71. The highest BCUT2D eigenvalue weighted by atomic mass is 32.2. The number of thioether (sulfide) groups is 1. The summed E-state index contributed by atoms with van der Waals surface area (Å²) in [5, 5.41) is 10.0. The molecular weight excluding hydrogens is 184 g/mol. The lowest BCUT2D eigenvalue weighted by Crippen LogP contribution is -2.07. The topological polar surface area (TPSA) is 46.0 Å². The molecule has 72 valence electrons. The summed E-state index contributed by atoms with van der Waals surface area (Å²) in [6, 6.07) is 0. The van der Waals surface area contributed by atoms with Crippen molar-refractivity contribution in [2.45, 2.75) is 31.5 Å². The monoisotopic (exact) mass is 198 g/mol. The van der Waals surface area contributed by atoms with Crippen LogP contribution in [0.4, 0.5) is 0 Å². The molecule has 1 unspecified atom stereocenters. The fourth-order valence-electron chi connectivity index (χ4n) is 0.744. The second-order valence-electron chi connectivity index (χ2n) is 2.92. The molecule has 0 spiro atoms. The van der Waals surface area contributed by atoms with Crippen molar-refractivity contribution < 1.29 is 5.11 Å². The molecule has 3 nitrogen and oxygen atoms in total. The van der Waals surface area contributed by atoms with Gasteiger partial charge in [-0.25, -0.2) is 9.97 Å². The van der Waals surface area contributed by atoms with Gasteiger partial charge in [-0.1, -0.05) is 18.7 Å². The van der Waals surface area contributed by atoms with Gasteiger partial charge >= 0.3 is 0 Å². The molecule has 0 aliphatic rings. The molecule has 1 rings (SSSR count). The maximum absolute atomic E-state index is 9.30. The Bertz CT molecular complexity index is 250. The molecule has 0 radical (unpaired) electrons. The lowest BCUT2D eigenvalue weighted by Gasteiger charge is -2.05. The fourth-order valence-corrected chi connectivity index (χ4v) is 1.58. The quantitative estimate of drug-likeness (QED) is 0.590. The van der Waals surface area contributed by atoms with Crippen molar-refractivity contribution in [1.29, 1.82) is 0 Å². The van der Waals surface area contributed by atoms with Crippen LogP contribution < -0.4 is 0 Å². The Hall–Kier alpha value is -0.610. The molecule has 0 saturated heterocycles. The number of aromatic nitrogens is 2. The van der Waals surface area contributed by atoms with E-state index in [1.165, 1.54) is 11.8 Å². The number of aliphatic hydroxyl groups excluding tert-OH is 1. The Morgan fingerprint density at radius 2 is 2.08 bits per heavy atom. The Morgan fingerprint density at radius 1 is 1.46 bits per heavy atom. The van der Waals surface area contributed by atoms with Crippen molar-refractivity contribution in [2.24, 2.45) is 0 Å². The smallest absolute Gasteiger partial charge is 0.187 e. The molecule has 1 atom stereocenters. The van der Waals surface area contributed by atoms with Gasteiger partial charge in [-0.2, -0.15) is 0 Å². The first-order valence-corrected chi connectivity index (χ1v) is 5.30. The Kier molecular flexibility index (Phi) is 4.18. The second-order valence-corrected chi connectivity index (χ2v) is 3.90. The molecule has 4 heteroatoms. The van der Waals surface area contributed by atoms with Crippen molar-refractivity contribution in [1.82, 2.24) is 9.97 Å². The highest BCUT2D eigenvalue weighted by molar-refractivity contribution is 7.99. The summed E-state index contributed by atoms with van der Waals surface area (Å²) in [6.45, 7) is 3.91. The van der Waals surface area contributed by atoms with Crippen LogP contribution in [0, 0.1) is 6.92 Å². The van der Waals surface area contributed by atoms with Crippen LogP contribution >= 0.6 is 11.8 Å². The van der Waals surface area contributed by atoms with E-state index in [1.807, 2.05) is 13.8 Å². The van der Waals surface area contributed by atoms with E-state index in [1.54, 1.807) is 12.4 Å². The van der Waals surface area contributed by atoms with E-state index in [2.05, 4.69) is 9.97 Å². The first-order valence-electron chi connectivity index (χ1n) is 4.32. The van der Waals surface area contributed by atoms with E-state index in [0.29, 0.717) is 5.75 Å². The summed E-state index contributed by atoms with van der Waals surface area (Å²) in [7, 11) is 0. The number of aryl methyl sites for hydroxylation is 1. The number of aliphatic hydroxyl groups is 1. The van der Waals surface area contributed by atoms with Gasteiger partial charge in [-0.15, -0.1) is 0 Å². The van der Waals surface area contributed by atoms with Crippen LogP contribution in [0.1, 0.15) is 18.9 Å². The molecule has 0 aliphatic carbocycles. The molecule has 1 heterocycles. The molecular formula is C9H14N2OS. The van der Waals surface area contributed by atoms with E-state index in [0.717, 1.165) is 17.1 Å². The average Bonchev–Trinajstić information content (AvgIpc) is 2.16. The Morgan fingerprint density at radius 3 is 2.62 bits per heavy atom. The van der Waals surface area contributed by atoms with E-state index in [-0.39, 0.29) is 6.10 Å². The molecule has 1 aromatic heterocycles. The predicted octanol–water partition coefficient (Wildman–Crippen LogP) is 1.65. The third-order valence-corrected chi connectivity index (χ3v) is 2.65. The number of nitrogens with zero attached hydrogens (tertiary/aromatic N) is 2. The summed E-state index contributed by atoms with van der Waals surface area (Å²) in [4.78, 5) is 8.25. The van der Waals surface area contributed by atoms with Gasteiger partial charge in [-0.05, 0) is 18.9 Å². The van der Waals surface area contributed by atoms with Crippen LogP contribution in [0.25, 0.3) is 0 Å². The summed E-state index contributed by atoms with van der Waals surface area (Å²) in [5.41, 5.74) is 1.06. The van der Waals surface area contributed by atoms with Gasteiger partial charge in [-0.3, -0.25) is 0 Å². The standard InChI is InChI=1S/C9H14N2OS/c1-3-8(12)6-13-9-10-4-7(2)5-11-9/h4-5,8,12H,3,6H2,1-2H3. The zero-order chi connectivity index (χ0) is 9.68. The third-order valence-electron chi connectivity index (χ3n) is 1.63. The molecule has 1 N–H and O–H groups in total. The van der Waals surface area contributed by atoms with Crippen LogP contribution in [-0.4, -0.2) is 26.9 Å². The third kappa shape index (κ3) is 3.74. The van der Waals surface area contributed by atoms with Crippen LogP contribution in [-0.2, 0) is 0 Å². The van der Waals surface area contributed by atoms with E-state index < -0.39 is 0 Å². The molecule has 0 aliphatic heterocycles. The first-order chi connectivity index (χ1) is 6.22. The fraction of sp³-hybridized carbons (Fsp3) is 0.556. The van der Waals surface area contributed by atoms with Crippen molar-refractivity contribution in [3.05, 3.63) is 18.0 Å². The molecule has 0 saturated carbocycles. The van der Waals surface area contributed by atoms with Crippen LogP contribution in [0.3, 0.4) is 0 Å². The minimum Gasteiger partial charge on any atom is -0.392 e. The van der Waals surface area contributed by atoms with Gasteiger partial charge < -0.3 is 5.11 Å². The lowest BCUT2D eigenvalue weighted by molar-refractivity contribution is 0.195. The van der Waals surface area contributed by atoms with E-state index in [9.17, 15) is 5.11 Å². The highest BCUT2D eigenvalue weighted by Gasteiger charge is 2.03. The van der Waals surface area contributed by atoms with Gasteiger partial charge in [0, 0.05) is 18.1 Å². The molecule has 0 aromatic carbocycles. The van der Waals surface area contributed by atoms with Crippen molar-refractivity contribution in [3.8, 4) is 0 Å². The van der Waals surface area contributed by atoms with Gasteiger partial charge in [0.05, 0.1) is 6.10 Å².